The second-order valence-electron chi connectivity index (χ2n) is 7.52. The molecular formula is C18H6ClF17N2OS. The summed E-state index contributed by atoms with van der Waals surface area (Å²) in [6.07, 6.45) is -7.85. The van der Waals surface area contributed by atoms with E-state index in [1.165, 1.54) is 24.3 Å². The second kappa shape index (κ2) is 9.76. The van der Waals surface area contributed by atoms with Gasteiger partial charge in [0.05, 0.1) is 5.69 Å². The highest BCUT2D eigenvalue weighted by Crippen LogP contribution is 2.64. The van der Waals surface area contributed by atoms with Crippen LogP contribution in [-0.4, -0.2) is 58.5 Å². The molecule has 0 saturated heterocycles. The molecule has 0 aliphatic carbocycles. The molecule has 0 saturated carbocycles. The van der Waals surface area contributed by atoms with Crippen LogP contribution in [0.2, 0.25) is 5.02 Å². The van der Waals surface area contributed by atoms with E-state index in [4.69, 9.17) is 11.6 Å². The van der Waals surface area contributed by atoms with Gasteiger partial charge in [-0.05, 0) is 12.1 Å². The fourth-order valence-corrected chi connectivity index (χ4v) is 3.41. The lowest BCUT2D eigenvalue weighted by Gasteiger charge is -2.42. The molecule has 0 unspecified atom stereocenters. The van der Waals surface area contributed by atoms with E-state index < -0.39 is 58.7 Å². The maximum atomic E-state index is 14.0. The molecule has 40 heavy (non-hydrogen) atoms. The van der Waals surface area contributed by atoms with E-state index in [2.05, 4.69) is 4.98 Å². The van der Waals surface area contributed by atoms with Gasteiger partial charge in [0.1, 0.15) is 0 Å². The summed E-state index contributed by atoms with van der Waals surface area (Å²) in [7, 11) is 0. The van der Waals surface area contributed by atoms with Gasteiger partial charge in [0, 0.05) is 16.0 Å². The summed E-state index contributed by atoms with van der Waals surface area (Å²) in [6.45, 7) is 0. The van der Waals surface area contributed by atoms with Crippen molar-refractivity contribution in [3.63, 3.8) is 0 Å². The Kier molecular flexibility index (Phi) is 8.21. The van der Waals surface area contributed by atoms with Crippen LogP contribution in [0.25, 0.3) is 11.3 Å². The normalized spacial score (nSPS) is 14.8. The van der Waals surface area contributed by atoms with Gasteiger partial charge in [-0.2, -0.15) is 74.6 Å². The number of carbonyl (C=O) groups excluding carboxylic acids is 1. The van der Waals surface area contributed by atoms with Crippen molar-refractivity contribution in [2.45, 2.75) is 47.6 Å². The molecule has 0 fully saturated rings. The van der Waals surface area contributed by atoms with E-state index in [-0.39, 0.29) is 27.6 Å². The van der Waals surface area contributed by atoms with Crippen molar-refractivity contribution in [3.05, 3.63) is 34.7 Å². The Morgan fingerprint density at radius 2 is 1.05 bits per heavy atom. The summed E-state index contributed by atoms with van der Waals surface area (Å²) in [5.41, 5.74) is -0.0837. The zero-order chi connectivity index (χ0) is 31.5. The Bertz CT molecular complexity index is 1240. The highest BCUT2D eigenvalue weighted by atomic mass is 35.5. The molecule has 3 nitrogen and oxygen atoms in total. The lowest BCUT2D eigenvalue weighted by Crippen LogP contribution is -2.75. The Labute approximate surface area is 217 Å². The first-order valence-electron chi connectivity index (χ1n) is 9.35. The molecule has 1 heterocycles. The summed E-state index contributed by atoms with van der Waals surface area (Å²) in [4.78, 5) is 15.0. The molecular weight excluding hydrogens is 651 g/mol. The predicted octanol–water partition coefficient (Wildman–Crippen LogP) is 8.41. The van der Waals surface area contributed by atoms with Crippen LogP contribution in [0, 0.1) is 0 Å². The van der Waals surface area contributed by atoms with Crippen LogP contribution >= 0.6 is 22.9 Å². The van der Waals surface area contributed by atoms with Gasteiger partial charge in [0.25, 0.3) is 0 Å². The summed E-state index contributed by atoms with van der Waals surface area (Å²) in [6, 6.07) is 5.00. The largest absolute Gasteiger partial charge is 0.460 e. The van der Waals surface area contributed by atoms with Gasteiger partial charge in [0.15, 0.2) is 5.13 Å². The van der Waals surface area contributed by atoms with Crippen LogP contribution < -0.4 is 5.32 Å². The fraction of sp³-hybridized carbons (Fsp3) is 0.444. The minimum absolute atomic E-state index is 0.128. The van der Waals surface area contributed by atoms with Crippen molar-refractivity contribution in [3.8, 4) is 11.3 Å². The zero-order valence-electron chi connectivity index (χ0n) is 18.0. The van der Waals surface area contributed by atoms with E-state index in [0.29, 0.717) is 0 Å². The Balaban J connectivity index is 2.46. The van der Waals surface area contributed by atoms with Crippen LogP contribution in [0.1, 0.15) is 0 Å². The number of amides is 1. The smallest absolute Gasteiger partial charge is 0.296 e. The van der Waals surface area contributed by atoms with Crippen molar-refractivity contribution in [1.82, 2.24) is 4.98 Å². The van der Waals surface area contributed by atoms with Crippen LogP contribution in [0.3, 0.4) is 0 Å². The van der Waals surface area contributed by atoms with E-state index in [0.717, 1.165) is 10.7 Å². The van der Waals surface area contributed by atoms with E-state index >= 15 is 0 Å². The Morgan fingerprint density at radius 1 is 0.650 bits per heavy atom. The van der Waals surface area contributed by atoms with Crippen molar-refractivity contribution < 1.29 is 79.4 Å². The number of nitrogens with one attached hydrogen (secondary N) is 1. The molecule has 1 aromatic heterocycles. The number of carbonyl (C=O) groups is 1. The monoisotopic (exact) mass is 656 g/mol. The summed E-state index contributed by atoms with van der Waals surface area (Å²) in [5, 5.41) is 0.744. The van der Waals surface area contributed by atoms with Crippen molar-refractivity contribution >= 4 is 34.0 Å². The summed E-state index contributed by atoms with van der Waals surface area (Å²) in [5.74, 6) is -62.0. The number of hydrogen-bond acceptors (Lipinski definition) is 3. The molecule has 226 valence electrons. The summed E-state index contributed by atoms with van der Waals surface area (Å²) >= 11 is 5.74. The first kappa shape index (κ1) is 33.6. The third-order valence-electron chi connectivity index (χ3n) is 4.87. The van der Waals surface area contributed by atoms with Crippen molar-refractivity contribution in [1.29, 1.82) is 0 Å². The van der Waals surface area contributed by atoms with Gasteiger partial charge in [-0.25, -0.2) is 4.98 Å². The molecule has 2 aromatic rings. The average molecular weight is 657 g/mol. The second-order valence-corrected chi connectivity index (χ2v) is 8.81. The van der Waals surface area contributed by atoms with Crippen molar-refractivity contribution in [2.75, 3.05) is 5.32 Å². The molecule has 22 heteroatoms. The topological polar surface area (TPSA) is 42.0 Å². The van der Waals surface area contributed by atoms with Crippen molar-refractivity contribution in [2.24, 2.45) is 0 Å². The highest BCUT2D eigenvalue weighted by molar-refractivity contribution is 7.14. The fourth-order valence-electron chi connectivity index (χ4n) is 2.57. The van der Waals surface area contributed by atoms with E-state index in [1.54, 1.807) is 0 Å². The minimum atomic E-state index is -8.78. The molecule has 1 N–H and O–H groups in total. The molecule has 0 radical (unpaired) electrons. The van der Waals surface area contributed by atoms with Crippen LogP contribution in [0.4, 0.5) is 79.8 Å². The van der Waals surface area contributed by atoms with Crippen LogP contribution in [0.15, 0.2) is 29.6 Å². The Morgan fingerprint density at radius 3 is 1.48 bits per heavy atom. The average Bonchev–Trinajstić information content (AvgIpc) is 3.26. The molecule has 1 amide bonds. The first-order chi connectivity index (χ1) is 17.6. The number of alkyl halides is 17. The number of hydrogen-bond donors (Lipinski definition) is 1. The molecule has 0 aliphatic heterocycles. The molecule has 0 aliphatic rings. The lowest BCUT2D eigenvalue weighted by molar-refractivity contribution is -0.459. The van der Waals surface area contributed by atoms with Crippen LogP contribution in [-0.2, 0) is 4.79 Å². The maximum Gasteiger partial charge on any atom is 0.460 e. The first-order valence-corrected chi connectivity index (χ1v) is 10.6. The highest BCUT2D eigenvalue weighted by Gasteiger charge is 2.95. The third kappa shape index (κ3) is 4.81. The van der Waals surface area contributed by atoms with Gasteiger partial charge < -0.3 is 0 Å². The minimum Gasteiger partial charge on any atom is -0.296 e. The van der Waals surface area contributed by atoms with Gasteiger partial charge in [-0.1, -0.05) is 23.7 Å². The van der Waals surface area contributed by atoms with Crippen LogP contribution in [0.5, 0.6) is 0 Å². The quantitative estimate of drug-likeness (QED) is 0.276. The standard InChI is InChI=1S/C18H6ClF17N2OS/c19-7-3-1-6(2-4-7)8-5-40-10(37-8)38-9(39)11(20,21)12(22,23)13(24,25)14(26,27)15(28,29)16(30,31)17(32,33)18(34,35)36/h1-5H,(H,37,38,39). The molecule has 0 spiro atoms. The number of halogens is 18. The van der Waals surface area contributed by atoms with Gasteiger partial charge in [0.2, 0.25) is 0 Å². The number of anilines is 1. The lowest BCUT2D eigenvalue weighted by atomic mass is 9.89. The predicted molar refractivity (Wildman–Crippen MR) is 102 cm³/mol. The number of benzene rings is 1. The summed E-state index contributed by atoms with van der Waals surface area (Å²) < 4.78 is 226. The molecule has 2 rings (SSSR count). The Hall–Kier alpha value is -2.58. The number of rotatable bonds is 9. The SMILES string of the molecule is O=C(Nc1nc(-c2ccc(Cl)cc2)cs1)C(F)(F)C(F)(F)C(F)(F)C(F)(F)C(F)(F)C(F)(F)C(F)(F)C(F)(F)F. The number of nitrogens with zero attached hydrogens (tertiary/aromatic N) is 1. The van der Waals surface area contributed by atoms with Gasteiger partial charge in [-0.3, -0.25) is 10.1 Å². The van der Waals surface area contributed by atoms with Gasteiger partial charge in [-0.15, -0.1) is 11.3 Å². The van der Waals surface area contributed by atoms with Gasteiger partial charge >= 0.3 is 53.5 Å². The third-order valence-corrected chi connectivity index (χ3v) is 5.88. The number of aromatic nitrogens is 1. The zero-order valence-corrected chi connectivity index (χ0v) is 19.5. The molecule has 0 atom stereocenters. The molecule has 1 aromatic carbocycles. The maximum absolute atomic E-state index is 14.0. The number of thiazole rings is 1. The van der Waals surface area contributed by atoms with E-state index in [1.807, 2.05) is 0 Å². The molecule has 0 bridgehead atoms. The van der Waals surface area contributed by atoms with E-state index in [9.17, 15) is 79.4 Å².